The van der Waals surface area contributed by atoms with E-state index in [1.54, 1.807) is 6.92 Å². The molecule has 0 aliphatic heterocycles. The molecule has 6 heteroatoms. The minimum atomic E-state index is -0.519. The van der Waals surface area contributed by atoms with Crippen LogP contribution in [-0.2, 0) is 19.2 Å². The summed E-state index contributed by atoms with van der Waals surface area (Å²) in [4.78, 5) is 35.9. The first kappa shape index (κ1) is 16.8. The van der Waals surface area contributed by atoms with E-state index in [9.17, 15) is 14.4 Å². The van der Waals surface area contributed by atoms with E-state index >= 15 is 0 Å². The summed E-state index contributed by atoms with van der Waals surface area (Å²) in [6.45, 7) is 3.95. The van der Waals surface area contributed by atoms with Gasteiger partial charge in [-0.25, -0.2) is 0 Å². The monoisotopic (exact) mass is 307 g/mol. The Morgan fingerprint density at radius 2 is 2.05 bits per heavy atom. The minimum absolute atomic E-state index is 0.0297. The Bertz CT molecular complexity index is 575. The van der Waals surface area contributed by atoms with Gasteiger partial charge in [-0.15, -0.1) is 16.4 Å². The average molecular weight is 307 g/mol. The van der Waals surface area contributed by atoms with Crippen molar-refractivity contribution in [1.29, 1.82) is 0 Å². The van der Waals surface area contributed by atoms with Crippen molar-refractivity contribution in [3.05, 3.63) is 35.2 Å². The third-order valence-electron chi connectivity index (χ3n) is 2.51. The zero-order valence-electron chi connectivity index (χ0n) is 11.9. The predicted octanol–water partition coefficient (Wildman–Crippen LogP) is 3.07. The molecule has 5 nitrogen and oxygen atoms in total. The summed E-state index contributed by atoms with van der Waals surface area (Å²) in [6, 6.07) is 10.7. The molecule has 0 N–H and O–H groups in total. The molecule has 112 valence electrons. The lowest BCUT2D eigenvalue weighted by Gasteiger charge is -2.09. The Balaban J connectivity index is 0.000000210. The number of rotatable bonds is 5. The zero-order valence-corrected chi connectivity index (χ0v) is 12.8. The van der Waals surface area contributed by atoms with Crippen LogP contribution in [0.4, 0.5) is 0 Å². The lowest BCUT2D eigenvalue weighted by Crippen LogP contribution is -2.28. The first-order valence-electron chi connectivity index (χ1n) is 6.45. The lowest BCUT2D eigenvalue weighted by atomic mass is 10.2. The van der Waals surface area contributed by atoms with Crippen molar-refractivity contribution in [3.63, 3.8) is 0 Å². The largest absolute Gasteiger partial charge is 0.334 e. The number of hydroxylamine groups is 2. The number of benzene rings is 1. The van der Waals surface area contributed by atoms with Crippen molar-refractivity contribution < 1.29 is 19.2 Å². The van der Waals surface area contributed by atoms with E-state index in [4.69, 9.17) is 0 Å². The van der Waals surface area contributed by atoms with Crippen molar-refractivity contribution in [3.8, 4) is 0 Å². The van der Waals surface area contributed by atoms with Crippen LogP contribution in [-0.4, -0.2) is 23.9 Å². The summed E-state index contributed by atoms with van der Waals surface area (Å²) in [5.41, 5.74) is 0. The number of hydrogen-bond donors (Lipinski definition) is 0. The molecule has 21 heavy (non-hydrogen) atoms. The maximum atomic E-state index is 10.8. The van der Waals surface area contributed by atoms with Crippen molar-refractivity contribution in [1.82, 2.24) is 5.06 Å². The maximum absolute atomic E-state index is 10.8. The molecule has 2 amide bonds. The molecule has 0 aliphatic rings. The summed E-state index contributed by atoms with van der Waals surface area (Å²) in [7, 11) is 0. The van der Waals surface area contributed by atoms with Crippen LogP contribution < -0.4 is 0 Å². The standard InChI is InChI=1S/C9H8S.C6H9NO4/c1-7-6-8-4-2-3-5-9(8)10-7;1-2-3-6(10)7(4-8)11-5-9/h2-6H,1H3;4-5H,2-3H2,1H3. The molecule has 0 fully saturated rings. The van der Waals surface area contributed by atoms with Crippen molar-refractivity contribution in [2.24, 2.45) is 0 Å². The number of nitrogens with zero attached hydrogens (tertiary/aromatic N) is 1. The van der Waals surface area contributed by atoms with Crippen LogP contribution in [0.3, 0.4) is 0 Å². The molecule has 1 aromatic heterocycles. The number of carbonyl (C=O) groups is 3. The van der Waals surface area contributed by atoms with Gasteiger partial charge in [-0.1, -0.05) is 25.1 Å². The van der Waals surface area contributed by atoms with Crippen LogP contribution in [0.2, 0.25) is 0 Å². The van der Waals surface area contributed by atoms with Gasteiger partial charge in [-0.05, 0) is 30.9 Å². The van der Waals surface area contributed by atoms with Gasteiger partial charge in [0.2, 0.25) is 0 Å². The van der Waals surface area contributed by atoms with Crippen LogP contribution in [0.5, 0.6) is 0 Å². The topological polar surface area (TPSA) is 63.7 Å². The fourth-order valence-electron chi connectivity index (χ4n) is 1.63. The predicted molar refractivity (Wildman–Crippen MR) is 81.5 cm³/mol. The van der Waals surface area contributed by atoms with E-state index in [0.29, 0.717) is 11.5 Å². The van der Waals surface area contributed by atoms with E-state index in [-0.39, 0.29) is 19.3 Å². The fraction of sp³-hybridized carbons (Fsp3) is 0.267. The van der Waals surface area contributed by atoms with Crippen LogP contribution in [0.15, 0.2) is 30.3 Å². The molecule has 0 unspecified atom stereocenters. The van der Waals surface area contributed by atoms with E-state index < -0.39 is 5.91 Å². The van der Waals surface area contributed by atoms with Gasteiger partial charge in [-0.2, -0.15) is 0 Å². The quantitative estimate of drug-likeness (QED) is 0.629. The number of fused-ring (bicyclic) bond motifs is 1. The molecule has 0 bridgehead atoms. The van der Waals surface area contributed by atoms with Crippen molar-refractivity contribution >= 4 is 40.2 Å². The Hall–Kier alpha value is -2.21. The van der Waals surface area contributed by atoms with Gasteiger partial charge in [0.1, 0.15) is 0 Å². The van der Waals surface area contributed by atoms with E-state index in [1.165, 1.54) is 15.0 Å². The second-order valence-corrected chi connectivity index (χ2v) is 5.46. The van der Waals surface area contributed by atoms with Crippen LogP contribution >= 0.6 is 11.3 Å². The number of amides is 2. The molecule has 2 aromatic rings. The highest BCUT2D eigenvalue weighted by Crippen LogP contribution is 2.23. The molecule has 0 saturated heterocycles. The minimum Gasteiger partial charge on any atom is -0.334 e. The highest BCUT2D eigenvalue weighted by Gasteiger charge is 2.11. The Kier molecular flexibility index (Phi) is 7.11. The number of aryl methyl sites for hydroxylation is 1. The molecule has 0 atom stereocenters. The third-order valence-corrected chi connectivity index (χ3v) is 3.54. The zero-order chi connectivity index (χ0) is 15.7. The Labute approximate surface area is 127 Å². The maximum Gasteiger partial charge on any atom is 0.321 e. The van der Waals surface area contributed by atoms with Gasteiger partial charge in [0.05, 0.1) is 0 Å². The number of imide groups is 1. The highest BCUT2D eigenvalue weighted by atomic mass is 32.1. The van der Waals surface area contributed by atoms with Crippen LogP contribution in [0.25, 0.3) is 10.1 Å². The first-order chi connectivity index (χ1) is 10.1. The van der Waals surface area contributed by atoms with Gasteiger partial charge in [0.15, 0.2) is 0 Å². The summed E-state index contributed by atoms with van der Waals surface area (Å²) in [5.74, 6) is -0.519. The second-order valence-electron chi connectivity index (χ2n) is 4.17. The van der Waals surface area contributed by atoms with E-state index in [1.807, 2.05) is 11.3 Å². The number of thiophene rings is 1. The first-order valence-corrected chi connectivity index (χ1v) is 7.27. The van der Waals surface area contributed by atoms with Gasteiger partial charge in [-0.3, -0.25) is 14.4 Å². The molecular weight excluding hydrogens is 290 g/mol. The summed E-state index contributed by atoms with van der Waals surface area (Å²) < 4.78 is 1.39. The van der Waals surface area contributed by atoms with E-state index in [2.05, 4.69) is 42.1 Å². The van der Waals surface area contributed by atoms with Crippen LogP contribution in [0.1, 0.15) is 24.6 Å². The molecule has 0 saturated carbocycles. The van der Waals surface area contributed by atoms with E-state index in [0.717, 1.165) is 0 Å². The van der Waals surface area contributed by atoms with Crippen LogP contribution in [0, 0.1) is 6.92 Å². The SMILES string of the molecule is CCCC(=O)N(C=O)OC=O.Cc1cc2ccccc2s1. The molecule has 2 rings (SSSR count). The normalized spacial score (nSPS) is 9.43. The summed E-state index contributed by atoms with van der Waals surface area (Å²) >= 11 is 1.85. The lowest BCUT2D eigenvalue weighted by molar-refractivity contribution is -0.187. The molecule has 0 radical (unpaired) electrons. The molecular formula is C15H17NO4S. The smallest absolute Gasteiger partial charge is 0.321 e. The van der Waals surface area contributed by atoms with Crippen molar-refractivity contribution in [2.75, 3.05) is 0 Å². The fourth-order valence-corrected chi connectivity index (χ4v) is 2.55. The average Bonchev–Trinajstić information content (AvgIpc) is 2.85. The van der Waals surface area contributed by atoms with Gasteiger partial charge in [0.25, 0.3) is 12.3 Å². The van der Waals surface area contributed by atoms with Crippen molar-refractivity contribution in [2.45, 2.75) is 26.7 Å². The number of hydrogen-bond acceptors (Lipinski definition) is 5. The molecule has 0 aliphatic carbocycles. The van der Waals surface area contributed by atoms with Gasteiger partial charge < -0.3 is 4.84 Å². The molecule has 0 spiro atoms. The summed E-state index contributed by atoms with van der Waals surface area (Å²) in [5, 5.41) is 1.74. The van der Waals surface area contributed by atoms with Gasteiger partial charge >= 0.3 is 6.47 Å². The molecule has 1 aromatic carbocycles. The number of carbonyl (C=O) groups excluding carboxylic acids is 3. The van der Waals surface area contributed by atoms with Gasteiger partial charge in [0, 0.05) is 16.0 Å². The third kappa shape index (κ3) is 5.35. The highest BCUT2D eigenvalue weighted by molar-refractivity contribution is 7.19. The second kappa shape index (κ2) is 8.86. The Morgan fingerprint density at radius 1 is 1.33 bits per heavy atom. The molecule has 1 heterocycles. The Morgan fingerprint density at radius 3 is 2.62 bits per heavy atom. The summed E-state index contributed by atoms with van der Waals surface area (Å²) in [6.07, 6.45) is 0.949.